The molecule has 0 bridgehead atoms. The smallest absolute Gasteiger partial charge is 0.407 e. The standard InChI is InChI=1S/C26H33FN8O3/c1-15(2)14-34(26(37)38)18-7-5-17(6-8-18)31-23-11-21(30-16-3-4-16)24-29-13-22(35(24)33-23)25(36)32-20-9-10-28-12-19(20)27/h9-13,15-18,30H,3-8,14H2,1-2H3,(H,31,33)(H,37,38)(H,28,32,36)/t17-,18-. The Morgan fingerprint density at radius 3 is 2.47 bits per heavy atom. The van der Waals surface area contributed by atoms with Gasteiger partial charge in [0.25, 0.3) is 5.91 Å². The highest BCUT2D eigenvalue weighted by atomic mass is 19.1. The molecule has 0 atom stereocenters. The van der Waals surface area contributed by atoms with Gasteiger partial charge in [-0.05, 0) is 50.5 Å². The summed E-state index contributed by atoms with van der Waals surface area (Å²) in [6.07, 6.45) is 8.26. The number of anilines is 3. The number of carboxylic acid groups (broad SMARTS) is 1. The molecular weight excluding hydrogens is 491 g/mol. The molecule has 38 heavy (non-hydrogen) atoms. The minimum atomic E-state index is -0.865. The van der Waals surface area contributed by atoms with E-state index in [1.807, 2.05) is 19.9 Å². The van der Waals surface area contributed by atoms with Crippen LogP contribution in [0.3, 0.4) is 0 Å². The van der Waals surface area contributed by atoms with Crippen molar-refractivity contribution in [3.05, 3.63) is 42.2 Å². The first-order valence-corrected chi connectivity index (χ1v) is 13.1. The van der Waals surface area contributed by atoms with Crippen LogP contribution >= 0.6 is 0 Å². The predicted molar refractivity (Wildman–Crippen MR) is 141 cm³/mol. The van der Waals surface area contributed by atoms with Crippen LogP contribution in [0.25, 0.3) is 5.65 Å². The molecule has 3 heterocycles. The topological polar surface area (TPSA) is 137 Å². The Morgan fingerprint density at radius 1 is 1.11 bits per heavy atom. The summed E-state index contributed by atoms with van der Waals surface area (Å²) in [7, 11) is 0. The summed E-state index contributed by atoms with van der Waals surface area (Å²) in [5.74, 6) is -0.314. The first-order chi connectivity index (χ1) is 18.3. The van der Waals surface area contributed by atoms with Crippen LogP contribution in [0.4, 0.5) is 26.4 Å². The molecule has 0 spiro atoms. The van der Waals surface area contributed by atoms with E-state index in [1.54, 1.807) is 4.90 Å². The molecule has 11 nitrogen and oxygen atoms in total. The van der Waals surface area contributed by atoms with Crippen molar-refractivity contribution in [2.45, 2.75) is 70.5 Å². The number of carbonyl (C=O) groups excluding carboxylic acids is 1. The summed E-state index contributed by atoms with van der Waals surface area (Å²) < 4.78 is 15.5. The van der Waals surface area contributed by atoms with E-state index in [2.05, 4.69) is 31.0 Å². The zero-order chi connectivity index (χ0) is 26.8. The number of pyridine rings is 1. The molecule has 3 aromatic heterocycles. The number of amides is 2. The number of halogens is 1. The average molecular weight is 525 g/mol. The molecule has 2 fully saturated rings. The van der Waals surface area contributed by atoms with Crippen LogP contribution < -0.4 is 16.0 Å². The monoisotopic (exact) mass is 524 g/mol. The molecule has 2 saturated carbocycles. The van der Waals surface area contributed by atoms with Crippen LogP contribution in [-0.4, -0.2) is 66.3 Å². The fourth-order valence-electron chi connectivity index (χ4n) is 4.93. The molecule has 0 unspecified atom stereocenters. The molecule has 2 amide bonds. The molecule has 3 aromatic rings. The Bertz CT molecular complexity index is 1320. The highest BCUT2D eigenvalue weighted by Gasteiger charge is 2.30. The van der Waals surface area contributed by atoms with E-state index in [-0.39, 0.29) is 29.4 Å². The highest BCUT2D eigenvalue weighted by molar-refractivity contribution is 6.03. The Labute approximate surface area is 219 Å². The third kappa shape index (κ3) is 5.79. The van der Waals surface area contributed by atoms with E-state index in [0.717, 1.165) is 50.4 Å². The third-order valence-electron chi connectivity index (χ3n) is 6.95. The second-order valence-electron chi connectivity index (χ2n) is 10.5. The molecule has 0 aromatic carbocycles. The van der Waals surface area contributed by atoms with Crippen LogP contribution in [0.2, 0.25) is 0 Å². The van der Waals surface area contributed by atoms with Crippen LogP contribution in [0, 0.1) is 11.7 Å². The van der Waals surface area contributed by atoms with Crippen molar-refractivity contribution in [1.82, 2.24) is 24.5 Å². The van der Waals surface area contributed by atoms with E-state index in [9.17, 15) is 19.1 Å². The summed E-state index contributed by atoms with van der Waals surface area (Å²) in [5.41, 5.74) is 1.47. The first-order valence-electron chi connectivity index (χ1n) is 13.1. The maximum Gasteiger partial charge on any atom is 0.407 e. The molecule has 202 valence electrons. The number of carbonyl (C=O) groups is 2. The second kappa shape index (κ2) is 10.8. The van der Waals surface area contributed by atoms with Crippen molar-refractivity contribution in [2.24, 2.45) is 5.92 Å². The quantitative estimate of drug-likeness (QED) is 0.322. The minimum Gasteiger partial charge on any atom is -0.465 e. The second-order valence-corrected chi connectivity index (χ2v) is 10.5. The largest absolute Gasteiger partial charge is 0.465 e. The fraction of sp³-hybridized carbons (Fsp3) is 0.500. The lowest BCUT2D eigenvalue weighted by molar-refractivity contribution is 0.101. The lowest BCUT2D eigenvalue weighted by Gasteiger charge is -2.36. The van der Waals surface area contributed by atoms with Crippen molar-refractivity contribution in [1.29, 1.82) is 0 Å². The molecular formula is C26H33FN8O3. The molecule has 0 radical (unpaired) electrons. The lowest BCUT2D eigenvalue weighted by Crippen LogP contribution is -2.45. The van der Waals surface area contributed by atoms with Gasteiger partial charge in [-0.3, -0.25) is 9.78 Å². The molecule has 2 aliphatic carbocycles. The van der Waals surface area contributed by atoms with Crippen molar-refractivity contribution in [3.8, 4) is 0 Å². The van der Waals surface area contributed by atoms with Crippen molar-refractivity contribution >= 4 is 34.8 Å². The number of rotatable bonds is 9. The lowest BCUT2D eigenvalue weighted by atomic mass is 9.90. The Hall–Kier alpha value is -3.96. The van der Waals surface area contributed by atoms with Gasteiger partial charge in [-0.15, -0.1) is 5.10 Å². The van der Waals surface area contributed by atoms with Gasteiger partial charge >= 0.3 is 6.09 Å². The summed E-state index contributed by atoms with van der Waals surface area (Å²) in [6.45, 7) is 4.58. The molecule has 0 saturated heterocycles. The van der Waals surface area contributed by atoms with Gasteiger partial charge in [0.15, 0.2) is 17.2 Å². The average Bonchev–Trinajstić information content (AvgIpc) is 3.59. The molecule has 4 N–H and O–H groups in total. The number of aromatic nitrogens is 4. The number of fused-ring (bicyclic) bond motifs is 1. The summed E-state index contributed by atoms with van der Waals surface area (Å²) >= 11 is 0. The molecule has 2 aliphatic rings. The molecule has 5 rings (SSSR count). The highest BCUT2D eigenvalue weighted by Crippen LogP contribution is 2.31. The van der Waals surface area contributed by atoms with Gasteiger partial charge in [0.1, 0.15) is 5.82 Å². The van der Waals surface area contributed by atoms with Gasteiger partial charge in [0, 0.05) is 36.9 Å². The van der Waals surface area contributed by atoms with E-state index < -0.39 is 17.8 Å². The zero-order valence-corrected chi connectivity index (χ0v) is 21.5. The fourth-order valence-corrected chi connectivity index (χ4v) is 4.93. The SMILES string of the molecule is CC(C)CN(C(=O)O)[C@H]1CC[C@H](Nc2cc(NC3CC3)c3ncc(C(=O)Nc4ccncc4F)n3n2)CC1. The number of nitrogens with one attached hydrogen (secondary N) is 3. The Kier molecular flexibility index (Phi) is 7.30. The Balaban J connectivity index is 1.34. The summed E-state index contributed by atoms with van der Waals surface area (Å²) in [4.78, 5) is 34.5. The van der Waals surface area contributed by atoms with Crippen molar-refractivity contribution in [3.63, 3.8) is 0 Å². The molecule has 0 aliphatic heterocycles. The van der Waals surface area contributed by atoms with Gasteiger partial charge in [0.2, 0.25) is 0 Å². The normalized spacial score (nSPS) is 19.4. The van der Waals surface area contributed by atoms with Crippen LogP contribution in [0.1, 0.15) is 62.9 Å². The van der Waals surface area contributed by atoms with Crippen molar-refractivity contribution in [2.75, 3.05) is 22.5 Å². The van der Waals surface area contributed by atoms with Gasteiger partial charge in [0.05, 0.1) is 23.8 Å². The van der Waals surface area contributed by atoms with Gasteiger partial charge in [-0.1, -0.05) is 13.8 Å². The van der Waals surface area contributed by atoms with E-state index in [4.69, 9.17) is 0 Å². The predicted octanol–water partition coefficient (Wildman–Crippen LogP) is 4.45. The van der Waals surface area contributed by atoms with Crippen LogP contribution in [-0.2, 0) is 0 Å². The minimum absolute atomic E-state index is 0.00742. The van der Waals surface area contributed by atoms with Gasteiger partial charge < -0.3 is 26.0 Å². The van der Waals surface area contributed by atoms with Crippen LogP contribution in [0.5, 0.6) is 0 Å². The maximum absolute atomic E-state index is 14.1. The van der Waals surface area contributed by atoms with Gasteiger partial charge in [-0.2, -0.15) is 0 Å². The molecule has 12 heteroatoms. The zero-order valence-electron chi connectivity index (χ0n) is 21.5. The van der Waals surface area contributed by atoms with Crippen molar-refractivity contribution < 1.29 is 19.1 Å². The number of hydrogen-bond acceptors (Lipinski definition) is 7. The third-order valence-corrected chi connectivity index (χ3v) is 6.95. The van der Waals surface area contributed by atoms with Crippen LogP contribution in [0.15, 0.2) is 30.7 Å². The first kappa shape index (κ1) is 25.7. The number of hydrogen-bond donors (Lipinski definition) is 4. The summed E-state index contributed by atoms with van der Waals surface area (Å²) in [6, 6.07) is 3.77. The summed E-state index contributed by atoms with van der Waals surface area (Å²) in [5, 5.41) is 23.8. The van der Waals surface area contributed by atoms with E-state index >= 15 is 0 Å². The van der Waals surface area contributed by atoms with Gasteiger partial charge in [-0.25, -0.2) is 18.7 Å². The number of imidazole rings is 1. The van der Waals surface area contributed by atoms with E-state index in [1.165, 1.54) is 23.0 Å². The Morgan fingerprint density at radius 2 is 1.82 bits per heavy atom. The van der Waals surface area contributed by atoms with E-state index in [0.29, 0.717) is 24.1 Å². The maximum atomic E-state index is 14.1. The number of nitrogens with zero attached hydrogens (tertiary/aromatic N) is 5.